The normalized spacial score (nSPS) is 19.9. The van der Waals surface area contributed by atoms with Crippen LogP contribution < -0.4 is 5.73 Å². The Kier molecular flexibility index (Phi) is 7.32. The van der Waals surface area contributed by atoms with Crippen LogP contribution in [0.25, 0.3) is 0 Å². The minimum absolute atomic E-state index is 0. The predicted molar refractivity (Wildman–Crippen MR) is 92.8 cm³/mol. The maximum Gasteiger partial charge on any atom is 0.243 e. The number of sulfonamides is 1. The predicted octanol–water partition coefficient (Wildman–Crippen LogP) is 2.67. The summed E-state index contributed by atoms with van der Waals surface area (Å²) < 4.78 is 26.9. The Hall–Kier alpha value is -0.620. The maximum atomic E-state index is 12.7. The van der Waals surface area contributed by atoms with Gasteiger partial charge in [-0.1, -0.05) is 26.0 Å². The number of hydrogen-bond acceptors (Lipinski definition) is 3. The van der Waals surface area contributed by atoms with Crippen molar-refractivity contribution in [3.8, 4) is 0 Å². The van der Waals surface area contributed by atoms with Crippen molar-refractivity contribution in [2.24, 2.45) is 17.6 Å². The molecule has 1 aromatic carbocycles. The zero-order valence-corrected chi connectivity index (χ0v) is 15.0. The Bertz CT molecular complexity index is 558. The molecule has 0 aliphatic carbocycles. The molecular weight excluding hydrogens is 320 g/mol. The molecule has 0 spiro atoms. The number of piperidine rings is 1. The van der Waals surface area contributed by atoms with Crippen LogP contribution in [-0.4, -0.2) is 32.4 Å². The van der Waals surface area contributed by atoms with Crippen LogP contribution in [-0.2, 0) is 16.4 Å². The van der Waals surface area contributed by atoms with Crippen LogP contribution in [0.2, 0.25) is 0 Å². The van der Waals surface area contributed by atoms with E-state index < -0.39 is 10.0 Å². The summed E-state index contributed by atoms with van der Waals surface area (Å²) >= 11 is 0. The van der Waals surface area contributed by atoms with Gasteiger partial charge in [-0.15, -0.1) is 12.4 Å². The van der Waals surface area contributed by atoms with Crippen LogP contribution >= 0.6 is 12.4 Å². The van der Waals surface area contributed by atoms with Crippen LogP contribution in [0.5, 0.6) is 0 Å². The van der Waals surface area contributed by atoms with Crippen molar-refractivity contribution in [3.63, 3.8) is 0 Å². The number of halogens is 1. The van der Waals surface area contributed by atoms with Gasteiger partial charge in [-0.3, -0.25) is 0 Å². The quantitative estimate of drug-likeness (QED) is 0.891. The molecule has 1 saturated heterocycles. The smallest absolute Gasteiger partial charge is 0.243 e. The minimum atomic E-state index is -3.37. The van der Waals surface area contributed by atoms with Gasteiger partial charge >= 0.3 is 0 Å². The molecule has 0 saturated carbocycles. The lowest BCUT2D eigenvalue weighted by molar-refractivity contribution is 0.271. The number of rotatable bonds is 5. The van der Waals surface area contributed by atoms with Gasteiger partial charge < -0.3 is 5.73 Å². The monoisotopic (exact) mass is 346 g/mol. The summed E-state index contributed by atoms with van der Waals surface area (Å²) in [5.74, 6) is 0.855. The zero-order valence-electron chi connectivity index (χ0n) is 13.4. The van der Waals surface area contributed by atoms with E-state index in [0.29, 0.717) is 30.4 Å². The van der Waals surface area contributed by atoms with Gasteiger partial charge in [0.15, 0.2) is 0 Å². The molecule has 1 heterocycles. The Morgan fingerprint density at radius 1 is 1.27 bits per heavy atom. The highest BCUT2D eigenvalue weighted by Crippen LogP contribution is 2.23. The molecule has 0 bridgehead atoms. The van der Waals surface area contributed by atoms with E-state index in [1.165, 1.54) is 5.56 Å². The topological polar surface area (TPSA) is 63.4 Å². The molecule has 2 N–H and O–H groups in total. The molecule has 4 nitrogen and oxygen atoms in total. The molecule has 1 aliphatic heterocycles. The fourth-order valence-electron chi connectivity index (χ4n) is 2.86. The lowest BCUT2D eigenvalue weighted by atomic mass is 10.0. The van der Waals surface area contributed by atoms with Crippen molar-refractivity contribution in [3.05, 3.63) is 29.8 Å². The first kappa shape index (κ1) is 19.4. The van der Waals surface area contributed by atoms with Crippen molar-refractivity contribution in [2.45, 2.75) is 38.0 Å². The van der Waals surface area contributed by atoms with E-state index in [2.05, 4.69) is 13.8 Å². The molecule has 6 heteroatoms. The van der Waals surface area contributed by atoms with E-state index in [0.717, 1.165) is 19.3 Å². The minimum Gasteiger partial charge on any atom is -0.330 e. The van der Waals surface area contributed by atoms with Crippen LogP contribution in [0.4, 0.5) is 0 Å². The van der Waals surface area contributed by atoms with E-state index in [4.69, 9.17) is 5.73 Å². The number of hydrogen-bond donors (Lipinski definition) is 1. The molecular formula is C16H27ClN2O2S. The Morgan fingerprint density at radius 2 is 1.91 bits per heavy atom. The molecule has 126 valence electrons. The van der Waals surface area contributed by atoms with E-state index in [9.17, 15) is 8.42 Å². The van der Waals surface area contributed by atoms with Crippen LogP contribution in [0.3, 0.4) is 0 Å². The first-order valence-corrected chi connectivity index (χ1v) is 9.16. The van der Waals surface area contributed by atoms with Gasteiger partial charge in [0.2, 0.25) is 10.0 Å². The summed E-state index contributed by atoms with van der Waals surface area (Å²) in [7, 11) is -3.37. The van der Waals surface area contributed by atoms with Crippen molar-refractivity contribution in [1.82, 2.24) is 4.31 Å². The van der Waals surface area contributed by atoms with Crippen LogP contribution in [0, 0.1) is 11.8 Å². The Morgan fingerprint density at radius 3 is 2.45 bits per heavy atom. The molecule has 1 aromatic rings. The van der Waals surface area contributed by atoms with Crippen molar-refractivity contribution >= 4 is 22.4 Å². The Balaban J connectivity index is 0.00000242. The third-order valence-electron chi connectivity index (χ3n) is 4.02. The highest BCUT2D eigenvalue weighted by atomic mass is 35.5. The van der Waals surface area contributed by atoms with Gasteiger partial charge in [0.1, 0.15) is 0 Å². The van der Waals surface area contributed by atoms with Gasteiger partial charge in [0.05, 0.1) is 4.90 Å². The lowest BCUT2D eigenvalue weighted by Gasteiger charge is -2.31. The summed E-state index contributed by atoms with van der Waals surface area (Å²) in [5, 5.41) is 0. The van der Waals surface area contributed by atoms with E-state index in [1.807, 2.05) is 12.1 Å². The second-order valence-corrected chi connectivity index (χ2v) is 8.29. The second kappa shape index (κ2) is 8.29. The summed E-state index contributed by atoms with van der Waals surface area (Å²) in [6, 6.07) is 7.33. The summed E-state index contributed by atoms with van der Waals surface area (Å²) in [6.07, 6.45) is 2.89. The summed E-state index contributed by atoms with van der Waals surface area (Å²) in [5.41, 5.74) is 6.87. The molecule has 1 unspecified atom stereocenters. The van der Waals surface area contributed by atoms with Crippen LogP contribution in [0.15, 0.2) is 29.2 Å². The standard InChI is InChI=1S/C16H26N2O2S.ClH/c1-13(2)10-14-5-7-16(8-6-14)21(19,20)18-9-3-4-15(11-17)12-18;/h5-8,13,15H,3-4,9-12,17H2,1-2H3;1H. The third kappa shape index (κ3) is 4.69. The van der Waals surface area contributed by atoms with E-state index in [-0.39, 0.29) is 18.3 Å². The molecule has 0 radical (unpaired) electrons. The van der Waals surface area contributed by atoms with E-state index >= 15 is 0 Å². The first-order valence-electron chi connectivity index (χ1n) is 7.72. The molecule has 0 aromatic heterocycles. The highest BCUT2D eigenvalue weighted by Gasteiger charge is 2.29. The number of nitrogens with zero attached hydrogens (tertiary/aromatic N) is 1. The molecule has 22 heavy (non-hydrogen) atoms. The maximum absolute atomic E-state index is 12.7. The van der Waals surface area contributed by atoms with Crippen molar-refractivity contribution in [1.29, 1.82) is 0 Å². The van der Waals surface area contributed by atoms with Gasteiger partial charge in [-0.2, -0.15) is 4.31 Å². The molecule has 1 atom stereocenters. The Labute approximate surface area is 140 Å². The average Bonchev–Trinajstić information content (AvgIpc) is 2.47. The summed E-state index contributed by atoms with van der Waals surface area (Å²) in [4.78, 5) is 0.396. The zero-order chi connectivity index (χ0) is 15.5. The van der Waals surface area contributed by atoms with Gasteiger partial charge in [0, 0.05) is 13.1 Å². The van der Waals surface area contributed by atoms with Crippen molar-refractivity contribution in [2.75, 3.05) is 19.6 Å². The first-order chi connectivity index (χ1) is 9.93. The largest absolute Gasteiger partial charge is 0.330 e. The number of nitrogens with two attached hydrogens (primary N) is 1. The molecule has 2 rings (SSSR count). The van der Waals surface area contributed by atoms with Gasteiger partial charge in [0.25, 0.3) is 0 Å². The second-order valence-electron chi connectivity index (χ2n) is 6.35. The number of benzene rings is 1. The molecule has 0 amide bonds. The lowest BCUT2D eigenvalue weighted by Crippen LogP contribution is -2.41. The van der Waals surface area contributed by atoms with Gasteiger partial charge in [-0.25, -0.2) is 8.42 Å². The SMILES string of the molecule is CC(C)Cc1ccc(S(=O)(=O)N2CCCC(CN)C2)cc1.Cl. The fourth-order valence-corrected chi connectivity index (χ4v) is 4.41. The van der Waals surface area contributed by atoms with E-state index in [1.54, 1.807) is 16.4 Å². The van der Waals surface area contributed by atoms with Crippen molar-refractivity contribution < 1.29 is 8.42 Å². The highest BCUT2D eigenvalue weighted by molar-refractivity contribution is 7.89. The summed E-state index contributed by atoms with van der Waals surface area (Å²) in [6.45, 7) is 6.02. The molecule has 1 fully saturated rings. The fraction of sp³-hybridized carbons (Fsp3) is 0.625. The molecule has 1 aliphatic rings. The average molecular weight is 347 g/mol. The van der Waals surface area contributed by atoms with Gasteiger partial charge in [-0.05, 0) is 55.3 Å². The third-order valence-corrected chi connectivity index (χ3v) is 5.90. The van der Waals surface area contributed by atoms with Crippen LogP contribution in [0.1, 0.15) is 32.3 Å².